The minimum atomic E-state index is -0.763. The van der Waals surface area contributed by atoms with Gasteiger partial charge in [0, 0.05) is 25.0 Å². The quantitative estimate of drug-likeness (QED) is 0.774. The fourth-order valence-electron chi connectivity index (χ4n) is 3.47. The molecule has 2 atom stereocenters. The first-order chi connectivity index (χ1) is 9.58. The summed E-state index contributed by atoms with van der Waals surface area (Å²) in [6.07, 6.45) is 7.02. The molecule has 0 aromatic rings. The van der Waals surface area contributed by atoms with E-state index in [2.05, 4.69) is 17.3 Å². The summed E-state index contributed by atoms with van der Waals surface area (Å²) >= 11 is 0. The highest BCUT2D eigenvalue weighted by atomic mass is 16.4. The Morgan fingerprint density at radius 2 is 1.80 bits per heavy atom. The van der Waals surface area contributed by atoms with E-state index in [0.29, 0.717) is 31.8 Å². The van der Waals surface area contributed by atoms with Gasteiger partial charge in [-0.25, -0.2) is 0 Å². The van der Waals surface area contributed by atoms with E-state index in [1.54, 1.807) is 0 Å². The summed E-state index contributed by atoms with van der Waals surface area (Å²) < 4.78 is 0. The number of aliphatic carboxylic acids is 1. The number of rotatable bonds is 6. The van der Waals surface area contributed by atoms with Crippen molar-refractivity contribution in [1.29, 1.82) is 0 Å². The molecular formula is C15H26N2O3. The average molecular weight is 282 g/mol. The number of hydrogen-bond donors (Lipinski definition) is 2. The third-order valence-corrected chi connectivity index (χ3v) is 4.86. The SMILES string of the molecule is CN(CCNC(=O)[C@@H]1CC[C@H](C(=O)O)C1)C1CCCC1. The molecule has 0 spiro atoms. The third kappa shape index (κ3) is 3.95. The number of carbonyl (C=O) groups excluding carboxylic acids is 1. The van der Waals surface area contributed by atoms with E-state index in [9.17, 15) is 9.59 Å². The lowest BCUT2D eigenvalue weighted by Gasteiger charge is -2.24. The van der Waals surface area contributed by atoms with Gasteiger partial charge in [-0.05, 0) is 39.2 Å². The highest BCUT2D eigenvalue weighted by molar-refractivity contribution is 5.80. The number of likely N-dealkylation sites (N-methyl/N-ethyl adjacent to an activating group) is 1. The smallest absolute Gasteiger partial charge is 0.306 e. The zero-order valence-corrected chi connectivity index (χ0v) is 12.3. The molecule has 2 rings (SSSR count). The van der Waals surface area contributed by atoms with Crippen LogP contribution in [-0.4, -0.2) is 48.1 Å². The van der Waals surface area contributed by atoms with Crippen molar-refractivity contribution in [2.24, 2.45) is 11.8 Å². The van der Waals surface area contributed by atoms with Gasteiger partial charge in [0.05, 0.1) is 5.92 Å². The molecule has 2 N–H and O–H groups in total. The summed E-state index contributed by atoms with van der Waals surface area (Å²) in [6, 6.07) is 0.676. The lowest BCUT2D eigenvalue weighted by molar-refractivity contribution is -0.141. The summed E-state index contributed by atoms with van der Waals surface area (Å²) in [5.74, 6) is -1.16. The van der Waals surface area contributed by atoms with Crippen LogP contribution in [0.4, 0.5) is 0 Å². The van der Waals surface area contributed by atoms with Crippen molar-refractivity contribution in [3.05, 3.63) is 0 Å². The van der Waals surface area contributed by atoms with Gasteiger partial charge in [-0.3, -0.25) is 9.59 Å². The van der Waals surface area contributed by atoms with E-state index in [-0.39, 0.29) is 17.7 Å². The van der Waals surface area contributed by atoms with Crippen molar-refractivity contribution in [2.45, 2.75) is 51.0 Å². The van der Waals surface area contributed by atoms with Crippen LogP contribution in [0.25, 0.3) is 0 Å². The first kappa shape index (κ1) is 15.3. The highest BCUT2D eigenvalue weighted by Gasteiger charge is 2.33. The van der Waals surface area contributed by atoms with Crippen molar-refractivity contribution >= 4 is 11.9 Å². The minimum Gasteiger partial charge on any atom is -0.481 e. The maximum absolute atomic E-state index is 12.0. The fraction of sp³-hybridized carbons (Fsp3) is 0.867. The Morgan fingerprint density at radius 1 is 1.15 bits per heavy atom. The van der Waals surface area contributed by atoms with Gasteiger partial charge in [-0.1, -0.05) is 12.8 Å². The van der Waals surface area contributed by atoms with E-state index in [4.69, 9.17) is 5.11 Å². The Kier molecular flexibility index (Phi) is 5.40. The molecule has 2 aliphatic rings. The summed E-state index contributed by atoms with van der Waals surface area (Å²) in [5.41, 5.74) is 0. The zero-order chi connectivity index (χ0) is 14.5. The lowest BCUT2D eigenvalue weighted by atomic mass is 10.0. The second kappa shape index (κ2) is 7.07. The van der Waals surface area contributed by atoms with E-state index in [1.165, 1.54) is 25.7 Å². The van der Waals surface area contributed by atoms with Gasteiger partial charge >= 0.3 is 5.97 Å². The molecule has 0 aliphatic heterocycles. The van der Waals surface area contributed by atoms with Gasteiger partial charge in [0.1, 0.15) is 0 Å². The molecule has 0 unspecified atom stereocenters. The summed E-state index contributed by atoms with van der Waals surface area (Å²) in [5, 5.41) is 11.9. The van der Waals surface area contributed by atoms with E-state index >= 15 is 0 Å². The third-order valence-electron chi connectivity index (χ3n) is 4.86. The summed E-state index contributed by atoms with van der Waals surface area (Å²) in [7, 11) is 2.12. The number of carbonyl (C=O) groups is 2. The van der Waals surface area contributed by atoms with Crippen LogP contribution >= 0.6 is 0 Å². The Hall–Kier alpha value is -1.10. The molecule has 2 aliphatic carbocycles. The molecule has 0 radical (unpaired) electrons. The van der Waals surface area contributed by atoms with Crippen molar-refractivity contribution < 1.29 is 14.7 Å². The van der Waals surface area contributed by atoms with Crippen molar-refractivity contribution in [2.75, 3.05) is 20.1 Å². The van der Waals surface area contributed by atoms with Crippen LogP contribution in [0.1, 0.15) is 44.9 Å². The number of carboxylic acid groups (broad SMARTS) is 1. The molecule has 0 aromatic heterocycles. The number of nitrogens with one attached hydrogen (secondary N) is 1. The molecule has 1 amide bonds. The van der Waals surface area contributed by atoms with Gasteiger partial charge in [0.15, 0.2) is 0 Å². The first-order valence-electron chi connectivity index (χ1n) is 7.78. The molecule has 114 valence electrons. The van der Waals surface area contributed by atoms with Crippen LogP contribution in [0.2, 0.25) is 0 Å². The van der Waals surface area contributed by atoms with Crippen LogP contribution in [0, 0.1) is 11.8 Å². The fourth-order valence-corrected chi connectivity index (χ4v) is 3.47. The van der Waals surface area contributed by atoms with Gasteiger partial charge in [-0.15, -0.1) is 0 Å². The monoisotopic (exact) mass is 282 g/mol. The topological polar surface area (TPSA) is 69.6 Å². The van der Waals surface area contributed by atoms with Crippen LogP contribution < -0.4 is 5.32 Å². The Bertz CT molecular complexity index is 353. The number of hydrogen-bond acceptors (Lipinski definition) is 3. The van der Waals surface area contributed by atoms with E-state index in [1.807, 2.05) is 0 Å². The molecule has 0 aromatic carbocycles. The Balaban J connectivity index is 1.64. The molecule has 5 nitrogen and oxygen atoms in total. The maximum atomic E-state index is 12.0. The first-order valence-corrected chi connectivity index (χ1v) is 7.78. The Morgan fingerprint density at radius 3 is 2.40 bits per heavy atom. The zero-order valence-electron chi connectivity index (χ0n) is 12.3. The average Bonchev–Trinajstić information content (AvgIpc) is 3.09. The molecule has 2 saturated carbocycles. The largest absolute Gasteiger partial charge is 0.481 e. The molecule has 0 bridgehead atoms. The second-order valence-electron chi connectivity index (χ2n) is 6.26. The predicted molar refractivity (Wildman–Crippen MR) is 76.4 cm³/mol. The van der Waals surface area contributed by atoms with Crippen LogP contribution in [0.3, 0.4) is 0 Å². The molecule has 5 heteroatoms. The van der Waals surface area contributed by atoms with Crippen LogP contribution in [-0.2, 0) is 9.59 Å². The van der Waals surface area contributed by atoms with Gasteiger partial charge in [0.2, 0.25) is 5.91 Å². The lowest BCUT2D eigenvalue weighted by Crippen LogP contribution is -2.39. The standard InChI is InChI=1S/C15H26N2O3/c1-17(13-4-2-3-5-13)9-8-16-14(18)11-6-7-12(10-11)15(19)20/h11-13H,2-10H2,1H3,(H,16,18)(H,19,20)/t11-,12+/m1/s1. The summed E-state index contributed by atoms with van der Waals surface area (Å²) in [4.78, 5) is 25.2. The van der Waals surface area contributed by atoms with E-state index in [0.717, 1.165) is 6.54 Å². The molecule has 0 heterocycles. The highest BCUT2D eigenvalue weighted by Crippen LogP contribution is 2.31. The normalized spacial score (nSPS) is 27.1. The predicted octanol–water partition coefficient (Wildman–Crippen LogP) is 1.48. The van der Waals surface area contributed by atoms with Crippen molar-refractivity contribution in [3.8, 4) is 0 Å². The molecule has 2 fully saturated rings. The number of carboxylic acids is 1. The van der Waals surface area contributed by atoms with Gasteiger partial charge in [0.25, 0.3) is 0 Å². The van der Waals surface area contributed by atoms with Crippen molar-refractivity contribution in [1.82, 2.24) is 10.2 Å². The molecule has 20 heavy (non-hydrogen) atoms. The van der Waals surface area contributed by atoms with Gasteiger partial charge in [-0.2, -0.15) is 0 Å². The van der Waals surface area contributed by atoms with E-state index < -0.39 is 5.97 Å². The minimum absolute atomic E-state index is 0.0357. The Labute approximate surface area is 120 Å². The number of nitrogens with zero attached hydrogens (tertiary/aromatic N) is 1. The molecule has 0 saturated heterocycles. The second-order valence-corrected chi connectivity index (χ2v) is 6.26. The van der Waals surface area contributed by atoms with Crippen LogP contribution in [0.15, 0.2) is 0 Å². The van der Waals surface area contributed by atoms with Crippen LogP contribution in [0.5, 0.6) is 0 Å². The summed E-state index contributed by atoms with van der Waals surface area (Å²) in [6.45, 7) is 1.55. The maximum Gasteiger partial charge on any atom is 0.306 e. The van der Waals surface area contributed by atoms with Gasteiger partial charge < -0.3 is 15.3 Å². The number of amides is 1. The van der Waals surface area contributed by atoms with Crippen molar-refractivity contribution in [3.63, 3.8) is 0 Å². The molecular weight excluding hydrogens is 256 g/mol.